The van der Waals surface area contributed by atoms with Gasteiger partial charge < -0.3 is 5.32 Å². The molecule has 0 amide bonds. The molecule has 0 aliphatic rings. The normalized spacial score (nSPS) is 11.3. The number of Topliss-reactive ketones (excluding diaryl/α,β-unsaturated/α-hetero) is 1. The van der Waals surface area contributed by atoms with Crippen LogP contribution in [0.5, 0.6) is 0 Å². The number of para-hydroxylation sites is 2. The predicted molar refractivity (Wildman–Crippen MR) is 116 cm³/mol. The average Bonchev–Trinajstić information content (AvgIpc) is 2.74. The van der Waals surface area contributed by atoms with E-state index < -0.39 is 15.8 Å². The Morgan fingerprint density at radius 3 is 2.16 bits per heavy atom. The standard InChI is InChI=1S/C22H17FN4O3S/c1-14(28)15-5-4-6-17(13-15)24-21-22(26-20-8-3-2-7-19(20)25-21)27-31(29,30)18-11-9-16(23)10-12-18/h2-13H,1H3,(H,24,25)(H,26,27). The fourth-order valence-electron chi connectivity index (χ4n) is 2.91. The second-order valence-electron chi connectivity index (χ2n) is 6.73. The number of fused-ring (bicyclic) bond motifs is 1. The lowest BCUT2D eigenvalue weighted by Gasteiger charge is -2.14. The lowest BCUT2D eigenvalue weighted by molar-refractivity contribution is 0.101. The van der Waals surface area contributed by atoms with E-state index in [1.165, 1.54) is 6.92 Å². The van der Waals surface area contributed by atoms with Gasteiger partial charge in [-0.15, -0.1) is 0 Å². The number of sulfonamides is 1. The van der Waals surface area contributed by atoms with Gasteiger partial charge in [0.2, 0.25) is 0 Å². The van der Waals surface area contributed by atoms with Crippen LogP contribution < -0.4 is 10.0 Å². The van der Waals surface area contributed by atoms with Crippen molar-refractivity contribution in [2.45, 2.75) is 11.8 Å². The summed E-state index contributed by atoms with van der Waals surface area (Å²) in [5.41, 5.74) is 2.08. The molecule has 0 radical (unpaired) electrons. The highest BCUT2D eigenvalue weighted by Crippen LogP contribution is 2.27. The Hall–Kier alpha value is -3.85. The number of hydrogen-bond donors (Lipinski definition) is 2. The molecule has 2 N–H and O–H groups in total. The summed E-state index contributed by atoms with van der Waals surface area (Å²) in [6.07, 6.45) is 0. The third-order valence-corrected chi connectivity index (χ3v) is 5.81. The van der Waals surface area contributed by atoms with Gasteiger partial charge in [0.1, 0.15) is 5.82 Å². The number of hydrogen-bond acceptors (Lipinski definition) is 6. The maximum absolute atomic E-state index is 13.2. The van der Waals surface area contributed by atoms with Crippen molar-refractivity contribution in [1.82, 2.24) is 9.97 Å². The van der Waals surface area contributed by atoms with Crippen molar-refractivity contribution >= 4 is 44.2 Å². The Morgan fingerprint density at radius 2 is 1.52 bits per heavy atom. The minimum Gasteiger partial charge on any atom is -0.337 e. The molecule has 7 nitrogen and oxygen atoms in total. The first kappa shape index (κ1) is 20.4. The molecule has 0 bridgehead atoms. The zero-order valence-electron chi connectivity index (χ0n) is 16.3. The quantitative estimate of drug-likeness (QED) is 0.431. The minimum atomic E-state index is -4.05. The van der Waals surface area contributed by atoms with E-state index in [9.17, 15) is 17.6 Å². The predicted octanol–water partition coefficient (Wildman–Crippen LogP) is 4.52. The molecule has 4 rings (SSSR count). The molecular formula is C22H17FN4O3S. The monoisotopic (exact) mass is 436 g/mol. The molecular weight excluding hydrogens is 419 g/mol. The lowest BCUT2D eigenvalue weighted by Crippen LogP contribution is -2.16. The van der Waals surface area contributed by atoms with Crippen molar-refractivity contribution in [2.75, 3.05) is 10.0 Å². The summed E-state index contributed by atoms with van der Waals surface area (Å²) in [7, 11) is -4.05. The van der Waals surface area contributed by atoms with Gasteiger partial charge in [-0.2, -0.15) is 0 Å². The summed E-state index contributed by atoms with van der Waals surface area (Å²) >= 11 is 0. The van der Waals surface area contributed by atoms with Crippen LogP contribution in [-0.2, 0) is 10.0 Å². The molecule has 156 valence electrons. The number of anilines is 3. The number of nitrogens with zero attached hydrogens (tertiary/aromatic N) is 2. The molecule has 9 heteroatoms. The topological polar surface area (TPSA) is 101 Å². The first-order valence-corrected chi connectivity index (χ1v) is 10.7. The Balaban J connectivity index is 1.77. The van der Waals surface area contributed by atoms with E-state index in [1.807, 2.05) is 0 Å². The number of rotatable bonds is 6. The van der Waals surface area contributed by atoms with Gasteiger partial charge in [0.25, 0.3) is 10.0 Å². The van der Waals surface area contributed by atoms with E-state index >= 15 is 0 Å². The number of aromatic nitrogens is 2. The van der Waals surface area contributed by atoms with Gasteiger partial charge in [-0.3, -0.25) is 9.52 Å². The largest absolute Gasteiger partial charge is 0.337 e. The summed E-state index contributed by atoms with van der Waals surface area (Å²) in [5.74, 6) is -0.524. The molecule has 0 saturated heterocycles. The molecule has 0 fully saturated rings. The molecule has 0 aliphatic heterocycles. The van der Waals surface area contributed by atoms with E-state index in [4.69, 9.17) is 0 Å². The van der Waals surface area contributed by atoms with Crippen molar-refractivity contribution < 1.29 is 17.6 Å². The molecule has 0 aliphatic carbocycles. The van der Waals surface area contributed by atoms with Gasteiger partial charge >= 0.3 is 0 Å². The van der Waals surface area contributed by atoms with Crippen molar-refractivity contribution in [3.63, 3.8) is 0 Å². The van der Waals surface area contributed by atoms with Crippen LogP contribution in [0.2, 0.25) is 0 Å². The van der Waals surface area contributed by atoms with E-state index in [2.05, 4.69) is 20.0 Å². The van der Waals surface area contributed by atoms with Crippen LogP contribution >= 0.6 is 0 Å². The third kappa shape index (κ3) is 4.51. The number of ketones is 1. The second-order valence-corrected chi connectivity index (χ2v) is 8.41. The summed E-state index contributed by atoms with van der Waals surface area (Å²) in [4.78, 5) is 20.5. The van der Waals surface area contributed by atoms with Crippen LogP contribution in [0.1, 0.15) is 17.3 Å². The molecule has 0 unspecified atom stereocenters. The zero-order valence-corrected chi connectivity index (χ0v) is 17.2. The van der Waals surface area contributed by atoms with Gasteiger partial charge in [-0.05, 0) is 55.5 Å². The fourth-order valence-corrected chi connectivity index (χ4v) is 3.92. The van der Waals surface area contributed by atoms with Crippen LogP contribution in [0.15, 0.2) is 77.7 Å². The highest BCUT2D eigenvalue weighted by Gasteiger charge is 2.19. The van der Waals surface area contributed by atoms with Crippen LogP contribution in [0.4, 0.5) is 21.7 Å². The van der Waals surface area contributed by atoms with Gasteiger partial charge in [0.15, 0.2) is 17.4 Å². The summed E-state index contributed by atoms with van der Waals surface area (Å²) in [6, 6.07) is 18.2. The molecule has 0 atom stereocenters. The van der Waals surface area contributed by atoms with Crippen LogP contribution in [-0.4, -0.2) is 24.2 Å². The van der Waals surface area contributed by atoms with E-state index in [-0.39, 0.29) is 22.3 Å². The van der Waals surface area contributed by atoms with Crippen molar-refractivity contribution in [3.8, 4) is 0 Å². The first-order valence-electron chi connectivity index (χ1n) is 9.25. The van der Waals surface area contributed by atoms with Crippen molar-refractivity contribution in [1.29, 1.82) is 0 Å². The van der Waals surface area contributed by atoms with Gasteiger partial charge in [0, 0.05) is 11.3 Å². The molecule has 3 aromatic carbocycles. The van der Waals surface area contributed by atoms with Crippen molar-refractivity contribution in [2.24, 2.45) is 0 Å². The summed E-state index contributed by atoms with van der Waals surface area (Å²) in [6.45, 7) is 1.46. The maximum Gasteiger partial charge on any atom is 0.263 e. The summed E-state index contributed by atoms with van der Waals surface area (Å²) in [5, 5.41) is 3.03. The number of carbonyl (C=O) groups is 1. The highest BCUT2D eigenvalue weighted by molar-refractivity contribution is 7.92. The Labute approximate surface area is 178 Å². The number of carbonyl (C=O) groups excluding carboxylic acids is 1. The average molecular weight is 436 g/mol. The van der Waals surface area contributed by atoms with Crippen molar-refractivity contribution in [3.05, 3.63) is 84.2 Å². The SMILES string of the molecule is CC(=O)c1cccc(Nc2nc3ccccc3nc2NS(=O)(=O)c2ccc(F)cc2)c1. The zero-order chi connectivity index (χ0) is 22.0. The van der Waals surface area contributed by atoms with Gasteiger partial charge in [0.05, 0.1) is 15.9 Å². The van der Waals surface area contributed by atoms with Gasteiger partial charge in [-0.1, -0.05) is 24.3 Å². The molecule has 1 heterocycles. The second kappa shape index (κ2) is 8.11. The molecule has 1 aromatic heterocycles. The van der Waals surface area contributed by atoms with E-state index in [0.29, 0.717) is 22.3 Å². The van der Waals surface area contributed by atoms with Crippen LogP contribution in [0, 0.1) is 5.82 Å². The molecule has 4 aromatic rings. The molecule has 0 spiro atoms. The Morgan fingerprint density at radius 1 is 0.871 bits per heavy atom. The number of nitrogens with one attached hydrogen (secondary N) is 2. The lowest BCUT2D eigenvalue weighted by atomic mass is 10.1. The smallest absolute Gasteiger partial charge is 0.263 e. The first-order chi connectivity index (χ1) is 14.8. The summed E-state index contributed by atoms with van der Waals surface area (Å²) < 4.78 is 41.3. The van der Waals surface area contributed by atoms with Crippen LogP contribution in [0.3, 0.4) is 0 Å². The van der Waals surface area contributed by atoms with E-state index in [0.717, 1.165) is 24.3 Å². The minimum absolute atomic E-state index is 0.0312. The third-order valence-electron chi connectivity index (χ3n) is 4.46. The van der Waals surface area contributed by atoms with Crippen LogP contribution in [0.25, 0.3) is 11.0 Å². The Kier molecular flexibility index (Phi) is 5.35. The highest BCUT2D eigenvalue weighted by atomic mass is 32.2. The molecule has 0 saturated carbocycles. The maximum atomic E-state index is 13.2. The fraction of sp³-hybridized carbons (Fsp3) is 0.0455. The Bertz CT molecular complexity index is 1390. The van der Waals surface area contributed by atoms with E-state index in [1.54, 1.807) is 48.5 Å². The number of halogens is 1. The molecule has 31 heavy (non-hydrogen) atoms. The number of benzene rings is 3. The van der Waals surface area contributed by atoms with Gasteiger partial charge in [-0.25, -0.2) is 22.8 Å².